The third kappa shape index (κ3) is 5.31. The molecule has 0 saturated carbocycles. The molecular formula is C22H23NO4S2. The van der Waals surface area contributed by atoms with Crippen LogP contribution in [-0.2, 0) is 4.79 Å². The molecule has 0 radical (unpaired) electrons. The summed E-state index contributed by atoms with van der Waals surface area (Å²) in [6.45, 7) is 3.50. The van der Waals surface area contributed by atoms with Crippen LogP contribution in [0.3, 0.4) is 0 Å². The van der Waals surface area contributed by atoms with E-state index in [4.69, 9.17) is 26.4 Å². The van der Waals surface area contributed by atoms with Gasteiger partial charge in [-0.1, -0.05) is 54.3 Å². The van der Waals surface area contributed by atoms with Gasteiger partial charge in [0.05, 0.1) is 25.2 Å². The zero-order valence-corrected chi connectivity index (χ0v) is 18.1. The maximum atomic E-state index is 12.4. The van der Waals surface area contributed by atoms with Crippen molar-refractivity contribution >= 4 is 40.3 Å². The Bertz CT molecular complexity index is 913. The molecule has 29 heavy (non-hydrogen) atoms. The number of benzene rings is 2. The molecule has 3 rings (SSSR count). The van der Waals surface area contributed by atoms with Crippen LogP contribution in [0.25, 0.3) is 6.08 Å². The molecule has 1 aliphatic rings. The fourth-order valence-electron chi connectivity index (χ4n) is 2.81. The summed E-state index contributed by atoms with van der Waals surface area (Å²) in [7, 11) is 1.62. The van der Waals surface area contributed by atoms with Crippen molar-refractivity contribution in [2.24, 2.45) is 0 Å². The average Bonchev–Trinajstić information content (AvgIpc) is 3.01. The summed E-state index contributed by atoms with van der Waals surface area (Å²) in [6, 6.07) is 15.2. The number of carbonyl (C=O) groups is 1. The highest BCUT2D eigenvalue weighted by Gasteiger charge is 2.30. The predicted molar refractivity (Wildman–Crippen MR) is 121 cm³/mol. The first-order valence-corrected chi connectivity index (χ1v) is 10.6. The lowest BCUT2D eigenvalue weighted by Gasteiger charge is -2.12. The SMILES string of the molecule is CCN1C(=O)/C(=C/c2ccccc2OCCCOc2ccccc2OC)SC1=S. The molecule has 0 aromatic heterocycles. The minimum Gasteiger partial charge on any atom is -0.493 e. The van der Waals surface area contributed by atoms with Crippen LogP contribution in [0.15, 0.2) is 53.4 Å². The van der Waals surface area contributed by atoms with Gasteiger partial charge < -0.3 is 14.2 Å². The number of nitrogens with zero attached hydrogens (tertiary/aromatic N) is 1. The van der Waals surface area contributed by atoms with Crippen molar-refractivity contribution in [1.82, 2.24) is 4.90 Å². The summed E-state index contributed by atoms with van der Waals surface area (Å²) in [5, 5.41) is 0. The molecule has 1 heterocycles. The highest BCUT2D eigenvalue weighted by atomic mass is 32.2. The number of ether oxygens (including phenoxy) is 3. The molecule has 2 aromatic carbocycles. The Balaban J connectivity index is 1.57. The number of para-hydroxylation sites is 3. The van der Waals surface area contributed by atoms with Gasteiger partial charge in [-0.15, -0.1) is 0 Å². The Morgan fingerprint density at radius 2 is 1.62 bits per heavy atom. The van der Waals surface area contributed by atoms with Crippen LogP contribution in [0.1, 0.15) is 18.9 Å². The molecule has 152 valence electrons. The lowest BCUT2D eigenvalue weighted by atomic mass is 10.2. The molecule has 0 N–H and O–H groups in total. The second-order valence-corrected chi connectivity index (χ2v) is 7.84. The van der Waals surface area contributed by atoms with Crippen LogP contribution in [0.5, 0.6) is 17.2 Å². The summed E-state index contributed by atoms with van der Waals surface area (Å²) in [5.74, 6) is 2.10. The van der Waals surface area contributed by atoms with E-state index in [1.165, 1.54) is 11.8 Å². The number of thioether (sulfide) groups is 1. The monoisotopic (exact) mass is 429 g/mol. The summed E-state index contributed by atoms with van der Waals surface area (Å²) in [6.07, 6.45) is 2.56. The van der Waals surface area contributed by atoms with Gasteiger partial charge >= 0.3 is 0 Å². The molecule has 2 aromatic rings. The van der Waals surface area contributed by atoms with E-state index in [-0.39, 0.29) is 5.91 Å². The number of likely N-dealkylation sites (N-methyl/N-ethyl adjacent to an activating group) is 1. The molecule has 0 bridgehead atoms. The minimum absolute atomic E-state index is 0.0532. The summed E-state index contributed by atoms with van der Waals surface area (Å²) in [4.78, 5) is 14.7. The van der Waals surface area contributed by atoms with E-state index in [9.17, 15) is 4.79 Å². The highest BCUT2D eigenvalue weighted by molar-refractivity contribution is 8.26. The molecule has 1 amide bonds. The maximum Gasteiger partial charge on any atom is 0.266 e. The van der Waals surface area contributed by atoms with Gasteiger partial charge in [-0.3, -0.25) is 9.69 Å². The smallest absolute Gasteiger partial charge is 0.266 e. The van der Waals surface area contributed by atoms with Crippen LogP contribution in [-0.4, -0.2) is 42.0 Å². The maximum absolute atomic E-state index is 12.4. The number of thiocarbonyl (C=S) groups is 1. The Morgan fingerprint density at radius 3 is 2.28 bits per heavy atom. The molecule has 7 heteroatoms. The predicted octanol–water partition coefficient (Wildman–Crippen LogP) is 4.76. The number of rotatable bonds is 9. The van der Waals surface area contributed by atoms with Gasteiger partial charge in [-0.25, -0.2) is 0 Å². The normalized spacial score (nSPS) is 15.1. The van der Waals surface area contributed by atoms with Crippen molar-refractivity contribution in [1.29, 1.82) is 0 Å². The van der Waals surface area contributed by atoms with Crippen molar-refractivity contribution in [2.45, 2.75) is 13.3 Å². The first-order valence-electron chi connectivity index (χ1n) is 9.37. The fraction of sp³-hybridized carbons (Fsp3) is 0.273. The van der Waals surface area contributed by atoms with E-state index in [2.05, 4.69) is 0 Å². The molecule has 1 fully saturated rings. The topological polar surface area (TPSA) is 48.0 Å². The Kier molecular flexibility index (Phi) is 7.55. The lowest BCUT2D eigenvalue weighted by Crippen LogP contribution is -2.27. The van der Waals surface area contributed by atoms with E-state index in [1.807, 2.05) is 61.5 Å². The molecule has 1 aliphatic heterocycles. The molecule has 5 nitrogen and oxygen atoms in total. The largest absolute Gasteiger partial charge is 0.493 e. The lowest BCUT2D eigenvalue weighted by molar-refractivity contribution is -0.121. The van der Waals surface area contributed by atoms with Crippen LogP contribution in [0, 0.1) is 0 Å². The van der Waals surface area contributed by atoms with Crippen molar-refractivity contribution in [3.63, 3.8) is 0 Å². The second kappa shape index (κ2) is 10.3. The van der Waals surface area contributed by atoms with E-state index >= 15 is 0 Å². The number of hydrogen-bond donors (Lipinski definition) is 0. The third-order valence-electron chi connectivity index (χ3n) is 4.27. The number of hydrogen-bond acceptors (Lipinski definition) is 6. The molecular weight excluding hydrogens is 406 g/mol. The summed E-state index contributed by atoms with van der Waals surface area (Å²) < 4.78 is 17.6. The van der Waals surface area contributed by atoms with Crippen LogP contribution in [0.4, 0.5) is 0 Å². The number of amides is 1. The van der Waals surface area contributed by atoms with Gasteiger partial charge in [-0.05, 0) is 31.2 Å². The van der Waals surface area contributed by atoms with E-state index in [0.29, 0.717) is 46.9 Å². The summed E-state index contributed by atoms with van der Waals surface area (Å²) >= 11 is 6.60. The molecule has 0 aliphatic carbocycles. The average molecular weight is 430 g/mol. The van der Waals surface area contributed by atoms with Crippen LogP contribution < -0.4 is 14.2 Å². The third-order valence-corrected chi connectivity index (χ3v) is 5.65. The quantitative estimate of drug-likeness (QED) is 0.325. The van der Waals surface area contributed by atoms with Crippen molar-refractivity contribution in [3.05, 3.63) is 59.0 Å². The van der Waals surface area contributed by atoms with Crippen molar-refractivity contribution in [3.8, 4) is 17.2 Å². The van der Waals surface area contributed by atoms with E-state index < -0.39 is 0 Å². The Hall–Kier alpha value is -2.51. The number of carbonyl (C=O) groups excluding carboxylic acids is 1. The van der Waals surface area contributed by atoms with Gasteiger partial charge in [0.15, 0.2) is 11.5 Å². The highest BCUT2D eigenvalue weighted by Crippen LogP contribution is 2.34. The minimum atomic E-state index is -0.0532. The van der Waals surface area contributed by atoms with Gasteiger partial charge in [-0.2, -0.15) is 0 Å². The van der Waals surface area contributed by atoms with Crippen molar-refractivity contribution in [2.75, 3.05) is 26.9 Å². The molecule has 0 atom stereocenters. The van der Waals surface area contributed by atoms with E-state index in [1.54, 1.807) is 12.0 Å². The molecule has 1 saturated heterocycles. The summed E-state index contributed by atoms with van der Waals surface area (Å²) in [5.41, 5.74) is 0.856. The number of methoxy groups -OCH3 is 1. The molecule has 0 spiro atoms. The van der Waals surface area contributed by atoms with Gasteiger partial charge in [0.25, 0.3) is 5.91 Å². The zero-order chi connectivity index (χ0) is 20.6. The van der Waals surface area contributed by atoms with Crippen LogP contribution >= 0.6 is 24.0 Å². The zero-order valence-electron chi connectivity index (χ0n) is 16.4. The second-order valence-electron chi connectivity index (χ2n) is 6.17. The van der Waals surface area contributed by atoms with Crippen molar-refractivity contribution < 1.29 is 19.0 Å². The Morgan fingerprint density at radius 1 is 1.00 bits per heavy atom. The standard InChI is InChI=1S/C22H23NO4S2/c1-3-23-21(24)20(29-22(23)28)15-16-9-4-5-10-17(16)26-13-8-14-27-19-12-7-6-11-18(19)25-2/h4-7,9-12,15H,3,8,13-14H2,1-2H3/b20-15-. The molecule has 0 unspecified atom stereocenters. The first-order chi connectivity index (χ1) is 14.1. The van der Waals surface area contributed by atoms with Crippen LogP contribution in [0.2, 0.25) is 0 Å². The van der Waals surface area contributed by atoms with Gasteiger partial charge in [0.1, 0.15) is 10.1 Å². The fourth-order valence-corrected chi connectivity index (χ4v) is 4.18. The Labute approximate surface area is 180 Å². The van der Waals surface area contributed by atoms with Gasteiger partial charge in [0, 0.05) is 18.5 Å². The van der Waals surface area contributed by atoms with Gasteiger partial charge in [0.2, 0.25) is 0 Å². The first kappa shape index (κ1) is 21.2. The van der Waals surface area contributed by atoms with E-state index in [0.717, 1.165) is 11.3 Å².